The predicted octanol–water partition coefficient (Wildman–Crippen LogP) is 4.13. The van der Waals surface area contributed by atoms with Crippen molar-refractivity contribution in [2.75, 3.05) is 6.61 Å². The second kappa shape index (κ2) is 6.41. The topological polar surface area (TPSA) is 43.2 Å². The van der Waals surface area contributed by atoms with E-state index in [1.807, 2.05) is 50.2 Å². The van der Waals surface area contributed by atoms with E-state index < -0.39 is 0 Å². The van der Waals surface area contributed by atoms with Crippen molar-refractivity contribution in [2.45, 2.75) is 20.3 Å². The molecule has 0 aromatic heterocycles. The van der Waals surface area contributed by atoms with Crippen molar-refractivity contribution in [1.29, 1.82) is 0 Å². The van der Waals surface area contributed by atoms with Crippen molar-refractivity contribution in [3.05, 3.63) is 59.2 Å². The molecule has 2 aliphatic heterocycles. The Kier molecular flexibility index (Phi) is 4.09. The first kappa shape index (κ1) is 16.0. The molecule has 4 rings (SSSR count). The Balaban J connectivity index is 1.71. The molecular formula is C20H18N2O2S. The highest BCUT2D eigenvalue weighted by Gasteiger charge is 2.34. The Labute approximate surface area is 152 Å². The highest BCUT2D eigenvalue weighted by molar-refractivity contribution is 7.80. The van der Waals surface area contributed by atoms with Crippen molar-refractivity contribution in [3.63, 3.8) is 0 Å². The van der Waals surface area contributed by atoms with Gasteiger partial charge in [0.2, 0.25) is 5.90 Å². The average molecular weight is 350 g/mol. The summed E-state index contributed by atoms with van der Waals surface area (Å²) in [5.41, 5.74) is 3.13. The fourth-order valence-corrected chi connectivity index (χ4v) is 3.40. The van der Waals surface area contributed by atoms with Crippen LogP contribution >= 0.6 is 12.2 Å². The van der Waals surface area contributed by atoms with Gasteiger partial charge in [0.15, 0.2) is 5.84 Å². The molecule has 2 aromatic carbocycles. The van der Waals surface area contributed by atoms with Gasteiger partial charge in [-0.25, -0.2) is 4.99 Å². The summed E-state index contributed by atoms with van der Waals surface area (Å²) < 4.78 is 11.7. The smallest absolute Gasteiger partial charge is 0.207 e. The van der Waals surface area contributed by atoms with E-state index >= 15 is 0 Å². The van der Waals surface area contributed by atoms with Gasteiger partial charge >= 0.3 is 0 Å². The molecule has 0 bridgehead atoms. The third-order valence-corrected chi connectivity index (χ3v) is 4.73. The zero-order valence-corrected chi connectivity index (χ0v) is 15.0. The Bertz CT molecular complexity index is 918. The summed E-state index contributed by atoms with van der Waals surface area (Å²) in [6.07, 6.45) is 0.782. The van der Waals surface area contributed by atoms with Gasteiger partial charge in [0, 0.05) is 5.56 Å². The first-order valence-electron chi connectivity index (χ1n) is 8.36. The van der Waals surface area contributed by atoms with Crippen LogP contribution in [0.4, 0.5) is 0 Å². The van der Waals surface area contributed by atoms with Crippen LogP contribution in [0, 0.1) is 12.8 Å². The minimum absolute atomic E-state index is 0.0666. The van der Waals surface area contributed by atoms with Crippen LogP contribution < -0.4 is 9.47 Å². The largest absolute Gasteiger partial charge is 0.494 e. The summed E-state index contributed by atoms with van der Waals surface area (Å²) in [7, 11) is 0. The summed E-state index contributed by atoms with van der Waals surface area (Å²) in [6, 6.07) is 13.9. The maximum Gasteiger partial charge on any atom is 0.207 e. The third kappa shape index (κ3) is 2.96. The quantitative estimate of drug-likeness (QED) is 0.782. The standard InChI is InChI=1S/C20H18N2O2S/c1-3-23-15-9-5-8-14(10-15)18-21-19-16(20(25)22-18)11-13-7-4-6-12(2)17(13)24-19/h4-10,16H,3,11H2,1-2H3. The number of para-hydroxylation sites is 1. The minimum Gasteiger partial charge on any atom is -0.494 e. The Morgan fingerprint density at radius 2 is 2.04 bits per heavy atom. The van der Waals surface area contributed by atoms with Gasteiger partial charge in [-0.15, -0.1) is 0 Å². The van der Waals surface area contributed by atoms with Gasteiger partial charge < -0.3 is 9.47 Å². The van der Waals surface area contributed by atoms with Crippen LogP contribution in [0.1, 0.15) is 23.6 Å². The Hall–Kier alpha value is -2.53. The van der Waals surface area contributed by atoms with Gasteiger partial charge in [-0.05, 0) is 43.5 Å². The lowest BCUT2D eigenvalue weighted by Gasteiger charge is -2.29. The second-order valence-corrected chi connectivity index (χ2v) is 6.52. The first-order valence-corrected chi connectivity index (χ1v) is 8.77. The number of rotatable bonds is 3. The highest BCUT2D eigenvalue weighted by atomic mass is 32.1. The van der Waals surface area contributed by atoms with Crippen molar-refractivity contribution in [2.24, 2.45) is 15.9 Å². The zero-order valence-electron chi connectivity index (χ0n) is 14.2. The SMILES string of the molecule is CCOc1cccc(C2=NC(=S)C3Cc4cccc(C)c4OC3=N2)c1. The molecule has 1 unspecified atom stereocenters. The molecule has 0 fully saturated rings. The molecule has 0 saturated heterocycles. The summed E-state index contributed by atoms with van der Waals surface area (Å²) in [6.45, 7) is 4.62. The molecule has 0 saturated carbocycles. The van der Waals surface area contributed by atoms with Crippen LogP contribution in [0.3, 0.4) is 0 Å². The number of aryl methyl sites for hydroxylation is 1. The molecular weight excluding hydrogens is 332 g/mol. The van der Waals surface area contributed by atoms with Crippen LogP contribution in [-0.2, 0) is 6.42 Å². The molecule has 126 valence electrons. The summed E-state index contributed by atoms with van der Waals surface area (Å²) in [4.78, 5) is 9.84. The van der Waals surface area contributed by atoms with Gasteiger partial charge in [-0.1, -0.05) is 42.5 Å². The second-order valence-electron chi connectivity index (χ2n) is 6.11. The number of fused-ring (bicyclic) bond motifs is 2. The summed E-state index contributed by atoms with van der Waals surface area (Å²) in [5, 5.41) is 0. The molecule has 0 amide bonds. The van der Waals surface area contributed by atoms with E-state index in [4.69, 9.17) is 21.7 Å². The van der Waals surface area contributed by atoms with E-state index in [9.17, 15) is 0 Å². The molecule has 2 aromatic rings. The number of ether oxygens (including phenoxy) is 2. The number of hydrogen-bond donors (Lipinski definition) is 0. The van der Waals surface area contributed by atoms with E-state index in [1.54, 1.807) is 0 Å². The number of hydrogen-bond acceptors (Lipinski definition) is 4. The minimum atomic E-state index is -0.0666. The molecule has 2 aliphatic rings. The van der Waals surface area contributed by atoms with Crippen LogP contribution in [0.25, 0.3) is 0 Å². The number of nitrogens with zero attached hydrogens (tertiary/aromatic N) is 2. The fraction of sp³-hybridized carbons (Fsp3) is 0.250. The number of thiocarbonyl (C=S) groups is 1. The molecule has 1 atom stereocenters. The van der Waals surface area contributed by atoms with Crippen LogP contribution in [0.2, 0.25) is 0 Å². The normalized spacial score (nSPS) is 18.5. The number of aliphatic imine (C=N–C) groups is 2. The lowest BCUT2D eigenvalue weighted by atomic mass is 9.93. The molecule has 4 nitrogen and oxygen atoms in total. The molecule has 5 heteroatoms. The van der Waals surface area contributed by atoms with Crippen molar-refractivity contribution in [1.82, 2.24) is 0 Å². The van der Waals surface area contributed by atoms with Crippen molar-refractivity contribution >= 4 is 28.9 Å². The summed E-state index contributed by atoms with van der Waals surface area (Å²) in [5.74, 6) is 2.84. The van der Waals surface area contributed by atoms with E-state index in [-0.39, 0.29) is 5.92 Å². The van der Waals surface area contributed by atoms with Gasteiger partial charge in [-0.3, -0.25) is 0 Å². The van der Waals surface area contributed by atoms with E-state index in [1.165, 1.54) is 0 Å². The first-order chi connectivity index (χ1) is 12.2. The molecule has 0 aliphatic carbocycles. The fourth-order valence-electron chi connectivity index (χ4n) is 3.13. The maximum atomic E-state index is 6.12. The maximum absolute atomic E-state index is 6.12. The van der Waals surface area contributed by atoms with Crippen LogP contribution in [0.15, 0.2) is 52.4 Å². The third-order valence-electron chi connectivity index (χ3n) is 4.36. The zero-order chi connectivity index (χ0) is 17.4. The predicted molar refractivity (Wildman–Crippen MR) is 103 cm³/mol. The molecule has 0 radical (unpaired) electrons. The number of amidine groups is 1. The monoisotopic (exact) mass is 350 g/mol. The average Bonchev–Trinajstić information content (AvgIpc) is 2.62. The summed E-state index contributed by atoms with van der Waals surface area (Å²) >= 11 is 5.55. The Morgan fingerprint density at radius 1 is 1.20 bits per heavy atom. The van der Waals surface area contributed by atoms with Gasteiger partial charge in [0.25, 0.3) is 0 Å². The molecule has 2 heterocycles. The van der Waals surface area contributed by atoms with Crippen molar-refractivity contribution < 1.29 is 9.47 Å². The van der Waals surface area contributed by atoms with E-state index in [0.717, 1.165) is 34.6 Å². The lowest BCUT2D eigenvalue weighted by Crippen LogP contribution is -2.36. The Morgan fingerprint density at radius 3 is 2.88 bits per heavy atom. The van der Waals surface area contributed by atoms with Crippen LogP contribution in [0.5, 0.6) is 11.5 Å². The number of benzene rings is 2. The van der Waals surface area contributed by atoms with E-state index in [2.05, 4.69) is 16.1 Å². The van der Waals surface area contributed by atoms with Gasteiger partial charge in [0.05, 0.1) is 12.5 Å². The molecule has 0 spiro atoms. The van der Waals surface area contributed by atoms with Crippen molar-refractivity contribution in [3.8, 4) is 11.5 Å². The van der Waals surface area contributed by atoms with Gasteiger partial charge in [-0.2, -0.15) is 4.99 Å². The lowest BCUT2D eigenvalue weighted by molar-refractivity contribution is 0.340. The highest BCUT2D eigenvalue weighted by Crippen LogP contribution is 2.34. The van der Waals surface area contributed by atoms with E-state index in [0.29, 0.717) is 23.3 Å². The van der Waals surface area contributed by atoms with Gasteiger partial charge in [0.1, 0.15) is 16.5 Å². The molecule has 25 heavy (non-hydrogen) atoms. The molecule has 0 N–H and O–H groups in total. The van der Waals surface area contributed by atoms with Crippen LogP contribution in [-0.4, -0.2) is 23.3 Å².